The van der Waals surface area contributed by atoms with Crippen LogP contribution >= 0.6 is 0 Å². The van der Waals surface area contributed by atoms with Gasteiger partial charge in [-0.1, -0.05) is 0 Å². The second-order valence-corrected chi connectivity index (χ2v) is 6.42. The van der Waals surface area contributed by atoms with E-state index in [-0.39, 0.29) is 11.8 Å². The first-order valence-corrected chi connectivity index (χ1v) is 7.93. The summed E-state index contributed by atoms with van der Waals surface area (Å²) in [6, 6.07) is 5.94. The number of fused-ring (bicyclic) bond motifs is 2. The summed E-state index contributed by atoms with van der Waals surface area (Å²) in [5.74, 6) is 0.712. The molecule has 1 saturated heterocycles. The molecule has 1 aliphatic carbocycles. The van der Waals surface area contributed by atoms with Crippen LogP contribution in [0.5, 0.6) is 0 Å². The summed E-state index contributed by atoms with van der Waals surface area (Å²) in [5.41, 5.74) is 2.29. The number of aryl methyl sites for hydroxylation is 1. The molecule has 22 heavy (non-hydrogen) atoms. The average Bonchev–Trinajstić information content (AvgIpc) is 3.11. The Balaban J connectivity index is 1.60. The summed E-state index contributed by atoms with van der Waals surface area (Å²) in [5, 5.41) is 5.57. The molecule has 2 atom stereocenters. The molecule has 0 aromatic heterocycles. The first kappa shape index (κ1) is 15.0. The van der Waals surface area contributed by atoms with E-state index in [2.05, 4.69) is 15.5 Å². The molecule has 1 aromatic carbocycles. The summed E-state index contributed by atoms with van der Waals surface area (Å²) >= 11 is 0. The van der Waals surface area contributed by atoms with Crippen LogP contribution in [-0.2, 0) is 4.79 Å². The topological polar surface area (TPSA) is 61.4 Å². The smallest absolute Gasteiger partial charge is 0.251 e. The number of benzene rings is 1. The molecule has 118 valence electrons. The van der Waals surface area contributed by atoms with E-state index in [1.807, 2.05) is 6.92 Å². The fraction of sp³-hybridized carbons (Fsp3) is 0.529. The van der Waals surface area contributed by atoms with Crippen molar-refractivity contribution >= 4 is 17.5 Å². The Hall–Kier alpha value is -1.88. The molecule has 2 aliphatic rings. The van der Waals surface area contributed by atoms with Gasteiger partial charge >= 0.3 is 0 Å². The number of anilines is 1. The highest BCUT2D eigenvalue weighted by Crippen LogP contribution is 2.37. The van der Waals surface area contributed by atoms with Crippen molar-refractivity contribution < 1.29 is 9.59 Å². The summed E-state index contributed by atoms with van der Waals surface area (Å²) in [7, 11) is 1.61. The van der Waals surface area contributed by atoms with Crippen molar-refractivity contribution in [2.24, 2.45) is 5.92 Å². The SMILES string of the molecule is CNC(=O)c1ccc(NC(=O)CN2C[C@@H]3CC[C@H]2C3)c(C)c1. The summed E-state index contributed by atoms with van der Waals surface area (Å²) in [4.78, 5) is 26.1. The quantitative estimate of drug-likeness (QED) is 0.891. The molecule has 1 aliphatic heterocycles. The minimum Gasteiger partial charge on any atom is -0.355 e. The van der Waals surface area contributed by atoms with Crippen LogP contribution in [0.15, 0.2) is 18.2 Å². The third kappa shape index (κ3) is 2.99. The Bertz CT molecular complexity index is 600. The number of hydrogen-bond acceptors (Lipinski definition) is 3. The third-order valence-corrected chi connectivity index (χ3v) is 4.86. The maximum Gasteiger partial charge on any atom is 0.251 e. The Kier molecular flexibility index (Phi) is 4.16. The lowest BCUT2D eigenvalue weighted by molar-refractivity contribution is -0.117. The number of amides is 2. The molecule has 2 N–H and O–H groups in total. The van der Waals surface area contributed by atoms with Gasteiger partial charge in [-0.25, -0.2) is 0 Å². The van der Waals surface area contributed by atoms with Gasteiger partial charge in [-0.15, -0.1) is 0 Å². The van der Waals surface area contributed by atoms with Gasteiger partial charge in [0.25, 0.3) is 5.91 Å². The Morgan fingerprint density at radius 1 is 1.32 bits per heavy atom. The van der Waals surface area contributed by atoms with E-state index in [9.17, 15) is 9.59 Å². The molecule has 0 spiro atoms. The molecule has 5 nitrogen and oxygen atoms in total. The van der Waals surface area contributed by atoms with Crippen molar-refractivity contribution in [3.05, 3.63) is 29.3 Å². The number of carbonyl (C=O) groups is 2. The second kappa shape index (κ2) is 6.08. The van der Waals surface area contributed by atoms with Crippen molar-refractivity contribution in [3.63, 3.8) is 0 Å². The highest BCUT2D eigenvalue weighted by molar-refractivity contribution is 5.96. The molecule has 1 heterocycles. The van der Waals surface area contributed by atoms with E-state index in [0.29, 0.717) is 18.2 Å². The summed E-state index contributed by atoms with van der Waals surface area (Å²) < 4.78 is 0. The summed E-state index contributed by atoms with van der Waals surface area (Å²) in [6.45, 7) is 3.43. The van der Waals surface area contributed by atoms with Gasteiger partial charge in [0.05, 0.1) is 6.54 Å². The van der Waals surface area contributed by atoms with Gasteiger partial charge < -0.3 is 10.6 Å². The molecule has 3 rings (SSSR count). The monoisotopic (exact) mass is 301 g/mol. The van der Waals surface area contributed by atoms with Gasteiger partial charge in [0.15, 0.2) is 0 Å². The number of hydrogen-bond donors (Lipinski definition) is 2. The first-order valence-electron chi connectivity index (χ1n) is 7.93. The highest BCUT2D eigenvalue weighted by Gasteiger charge is 2.38. The number of nitrogens with zero attached hydrogens (tertiary/aromatic N) is 1. The predicted molar refractivity (Wildman–Crippen MR) is 85.9 cm³/mol. The first-order chi connectivity index (χ1) is 10.6. The summed E-state index contributed by atoms with van der Waals surface area (Å²) in [6.07, 6.45) is 3.81. The van der Waals surface area contributed by atoms with Crippen LogP contribution in [0.25, 0.3) is 0 Å². The minimum atomic E-state index is -0.117. The number of piperidine rings is 1. The van der Waals surface area contributed by atoms with Crippen LogP contribution in [-0.4, -0.2) is 42.9 Å². The number of likely N-dealkylation sites (tertiary alicyclic amines) is 1. The number of rotatable bonds is 4. The standard InChI is InChI=1S/C17H23N3O2/c1-11-7-13(17(22)18-2)4-6-15(11)19-16(21)10-20-9-12-3-5-14(20)8-12/h4,6-7,12,14H,3,5,8-10H2,1-2H3,(H,18,22)(H,19,21)/t12-,14+/m1/s1. The lowest BCUT2D eigenvalue weighted by Crippen LogP contribution is -2.38. The lowest BCUT2D eigenvalue weighted by atomic mass is 10.1. The van der Waals surface area contributed by atoms with Crippen molar-refractivity contribution in [1.29, 1.82) is 0 Å². The largest absolute Gasteiger partial charge is 0.355 e. The lowest BCUT2D eigenvalue weighted by Gasteiger charge is -2.26. The van der Waals surface area contributed by atoms with Crippen LogP contribution in [0.1, 0.15) is 35.2 Å². The molecule has 2 bridgehead atoms. The maximum absolute atomic E-state index is 12.2. The van der Waals surface area contributed by atoms with Crippen LogP contribution in [0.3, 0.4) is 0 Å². The van der Waals surface area contributed by atoms with Crippen molar-refractivity contribution in [2.75, 3.05) is 25.5 Å². The van der Waals surface area contributed by atoms with E-state index in [0.717, 1.165) is 23.7 Å². The molecule has 1 aromatic rings. The second-order valence-electron chi connectivity index (χ2n) is 6.42. The molecule has 2 amide bonds. The van der Waals surface area contributed by atoms with Gasteiger partial charge in [0.2, 0.25) is 5.91 Å². The van der Waals surface area contributed by atoms with Gasteiger partial charge in [-0.2, -0.15) is 0 Å². The zero-order chi connectivity index (χ0) is 15.7. The zero-order valence-corrected chi connectivity index (χ0v) is 13.2. The molecule has 2 fully saturated rings. The zero-order valence-electron chi connectivity index (χ0n) is 13.2. The fourth-order valence-corrected chi connectivity index (χ4v) is 3.68. The Labute approximate surface area is 131 Å². The highest BCUT2D eigenvalue weighted by atomic mass is 16.2. The van der Waals surface area contributed by atoms with Crippen molar-refractivity contribution in [1.82, 2.24) is 10.2 Å². The fourth-order valence-electron chi connectivity index (χ4n) is 3.68. The van der Waals surface area contributed by atoms with Crippen LogP contribution in [0, 0.1) is 12.8 Å². The van der Waals surface area contributed by atoms with Crippen LogP contribution in [0.2, 0.25) is 0 Å². The third-order valence-electron chi connectivity index (χ3n) is 4.86. The minimum absolute atomic E-state index is 0.0309. The van der Waals surface area contributed by atoms with E-state index >= 15 is 0 Å². The Morgan fingerprint density at radius 3 is 2.73 bits per heavy atom. The van der Waals surface area contributed by atoms with Gasteiger partial charge in [0, 0.05) is 30.9 Å². The number of carbonyl (C=O) groups excluding carboxylic acids is 2. The maximum atomic E-state index is 12.2. The van der Waals surface area contributed by atoms with Gasteiger partial charge in [0.1, 0.15) is 0 Å². The average molecular weight is 301 g/mol. The molecule has 0 unspecified atom stereocenters. The van der Waals surface area contributed by atoms with E-state index in [1.165, 1.54) is 19.3 Å². The van der Waals surface area contributed by atoms with Crippen LogP contribution in [0.4, 0.5) is 5.69 Å². The van der Waals surface area contributed by atoms with Gasteiger partial charge in [-0.3, -0.25) is 14.5 Å². The Morgan fingerprint density at radius 2 is 2.14 bits per heavy atom. The predicted octanol–water partition coefficient (Wildman–Crippen LogP) is 1.78. The van der Waals surface area contributed by atoms with Gasteiger partial charge in [-0.05, 0) is 55.9 Å². The normalized spacial score (nSPS) is 23.5. The van der Waals surface area contributed by atoms with Crippen molar-refractivity contribution in [3.8, 4) is 0 Å². The molecule has 1 saturated carbocycles. The molecule has 5 heteroatoms. The van der Waals surface area contributed by atoms with E-state index in [4.69, 9.17) is 0 Å². The van der Waals surface area contributed by atoms with Crippen LogP contribution < -0.4 is 10.6 Å². The number of nitrogens with one attached hydrogen (secondary N) is 2. The van der Waals surface area contributed by atoms with E-state index < -0.39 is 0 Å². The molecule has 0 radical (unpaired) electrons. The van der Waals surface area contributed by atoms with E-state index in [1.54, 1.807) is 25.2 Å². The van der Waals surface area contributed by atoms with Crippen molar-refractivity contribution in [2.45, 2.75) is 32.2 Å². The molecular weight excluding hydrogens is 278 g/mol. The molecular formula is C17H23N3O2.